The van der Waals surface area contributed by atoms with Crippen LogP contribution in [-0.2, 0) is 9.84 Å². The Morgan fingerprint density at radius 1 is 1.28 bits per heavy atom. The second-order valence-corrected chi connectivity index (χ2v) is 6.56. The molecule has 2 aromatic rings. The zero-order valence-corrected chi connectivity index (χ0v) is 10.9. The summed E-state index contributed by atoms with van der Waals surface area (Å²) in [4.78, 5) is 8.45. The van der Waals surface area contributed by atoms with Crippen LogP contribution >= 0.6 is 0 Å². The second kappa shape index (κ2) is 4.99. The highest BCUT2D eigenvalue weighted by molar-refractivity contribution is 7.90. The van der Waals surface area contributed by atoms with Crippen LogP contribution in [0.15, 0.2) is 30.6 Å². The van der Waals surface area contributed by atoms with Crippen LogP contribution in [0.4, 0.5) is 0 Å². The molecule has 1 unspecified atom stereocenters. The summed E-state index contributed by atoms with van der Waals surface area (Å²) in [6, 6.07) is 5.23. The predicted octanol–water partition coefficient (Wildman–Crippen LogP) is 1.06. The Kier molecular flexibility index (Phi) is 3.58. The van der Waals surface area contributed by atoms with Gasteiger partial charge in [0, 0.05) is 24.7 Å². The van der Waals surface area contributed by atoms with Crippen LogP contribution in [-0.4, -0.2) is 30.4 Å². The van der Waals surface area contributed by atoms with Crippen LogP contribution < -0.4 is 5.73 Å². The van der Waals surface area contributed by atoms with Crippen molar-refractivity contribution in [3.05, 3.63) is 36.2 Å². The quantitative estimate of drug-likeness (QED) is 0.893. The molecule has 1 aromatic heterocycles. The number of hydrogen-bond donors (Lipinski definition) is 1. The molecular weight excluding hydrogens is 250 g/mol. The molecule has 6 heteroatoms. The zero-order chi connectivity index (χ0) is 13.2. The van der Waals surface area contributed by atoms with Gasteiger partial charge in [0.05, 0.1) is 16.8 Å². The second-order valence-electron chi connectivity index (χ2n) is 4.30. The molecule has 96 valence electrons. The van der Waals surface area contributed by atoms with Crippen LogP contribution in [0.5, 0.6) is 0 Å². The number of hydrogen-bond acceptors (Lipinski definition) is 5. The van der Waals surface area contributed by atoms with Gasteiger partial charge < -0.3 is 5.73 Å². The van der Waals surface area contributed by atoms with Crippen LogP contribution in [0.1, 0.15) is 18.0 Å². The largest absolute Gasteiger partial charge is 0.324 e. The molecule has 1 atom stereocenters. The molecule has 2 rings (SSSR count). The summed E-state index contributed by atoms with van der Waals surface area (Å²) < 4.78 is 22.3. The number of fused-ring (bicyclic) bond motifs is 1. The minimum atomic E-state index is -3.00. The highest BCUT2D eigenvalue weighted by Crippen LogP contribution is 2.21. The first kappa shape index (κ1) is 12.9. The Morgan fingerprint density at radius 3 is 2.72 bits per heavy atom. The van der Waals surface area contributed by atoms with Gasteiger partial charge in [-0.3, -0.25) is 9.97 Å². The van der Waals surface area contributed by atoms with E-state index in [1.807, 2.05) is 18.2 Å². The first-order valence-corrected chi connectivity index (χ1v) is 7.66. The molecule has 18 heavy (non-hydrogen) atoms. The molecule has 5 nitrogen and oxygen atoms in total. The van der Waals surface area contributed by atoms with Crippen LogP contribution in [0.2, 0.25) is 0 Å². The molecular formula is C12H15N3O2S. The molecule has 0 saturated heterocycles. The van der Waals surface area contributed by atoms with Crippen LogP contribution in [0.25, 0.3) is 11.0 Å². The zero-order valence-electron chi connectivity index (χ0n) is 10.1. The van der Waals surface area contributed by atoms with E-state index in [1.165, 1.54) is 6.26 Å². The lowest BCUT2D eigenvalue weighted by molar-refractivity contribution is 0.592. The monoisotopic (exact) mass is 265 g/mol. The molecule has 0 spiro atoms. The van der Waals surface area contributed by atoms with E-state index in [1.54, 1.807) is 12.4 Å². The van der Waals surface area contributed by atoms with Crippen molar-refractivity contribution in [1.29, 1.82) is 0 Å². The average molecular weight is 265 g/mol. The van der Waals surface area contributed by atoms with Gasteiger partial charge in [0.1, 0.15) is 9.84 Å². The van der Waals surface area contributed by atoms with Crippen molar-refractivity contribution in [3.8, 4) is 0 Å². The maximum atomic E-state index is 11.1. The van der Waals surface area contributed by atoms with E-state index < -0.39 is 9.84 Å². The Hall–Kier alpha value is -1.53. The van der Waals surface area contributed by atoms with Gasteiger partial charge in [-0.1, -0.05) is 12.1 Å². The van der Waals surface area contributed by atoms with E-state index in [9.17, 15) is 8.42 Å². The fourth-order valence-electron chi connectivity index (χ4n) is 1.81. The third kappa shape index (κ3) is 3.02. The minimum Gasteiger partial charge on any atom is -0.324 e. The summed E-state index contributed by atoms with van der Waals surface area (Å²) in [5.74, 6) is 0.0742. The van der Waals surface area contributed by atoms with E-state index >= 15 is 0 Å². The van der Waals surface area contributed by atoms with Crippen LogP contribution in [0.3, 0.4) is 0 Å². The summed E-state index contributed by atoms with van der Waals surface area (Å²) in [6.45, 7) is 0. The Labute approximate surface area is 106 Å². The Balaban J connectivity index is 2.30. The molecule has 0 aliphatic carbocycles. The van der Waals surface area contributed by atoms with Gasteiger partial charge in [0.2, 0.25) is 0 Å². The van der Waals surface area contributed by atoms with E-state index in [-0.39, 0.29) is 11.8 Å². The van der Waals surface area contributed by atoms with E-state index in [0.717, 1.165) is 16.6 Å². The Morgan fingerprint density at radius 2 is 2.00 bits per heavy atom. The number of aromatic nitrogens is 2. The SMILES string of the molecule is CS(=O)(=O)CCC(N)c1cccc2nccnc12. The van der Waals surface area contributed by atoms with E-state index in [0.29, 0.717) is 6.42 Å². The standard InChI is InChI=1S/C12H15N3O2S/c1-18(16,17)8-5-10(13)9-3-2-4-11-12(9)15-7-6-14-11/h2-4,6-7,10H,5,8,13H2,1H3. The van der Waals surface area contributed by atoms with E-state index in [2.05, 4.69) is 9.97 Å². The van der Waals surface area contributed by atoms with Crippen molar-refractivity contribution in [2.75, 3.05) is 12.0 Å². The lowest BCUT2D eigenvalue weighted by Gasteiger charge is -2.12. The molecule has 0 fully saturated rings. The summed E-state index contributed by atoms with van der Waals surface area (Å²) in [5, 5.41) is 0. The fourth-order valence-corrected chi connectivity index (χ4v) is 2.49. The lowest BCUT2D eigenvalue weighted by atomic mass is 10.0. The van der Waals surface area contributed by atoms with Crippen molar-refractivity contribution in [3.63, 3.8) is 0 Å². The normalized spacial score (nSPS) is 13.7. The van der Waals surface area contributed by atoms with Gasteiger partial charge in [0.15, 0.2) is 0 Å². The maximum absolute atomic E-state index is 11.1. The number of sulfone groups is 1. The fraction of sp³-hybridized carbons (Fsp3) is 0.333. The van der Waals surface area contributed by atoms with Crippen molar-refractivity contribution < 1.29 is 8.42 Å². The molecule has 0 saturated carbocycles. The summed E-state index contributed by atoms with van der Waals surface area (Å²) >= 11 is 0. The average Bonchev–Trinajstić information content (AvgIpc) is 2.34. The van der Waals surface area contributed by atoms with Crippen molar-refractivity contribution >= 4 is 20.9 Å². The first-order valence-electron chi connectivity index (χ1n) is 5.60. The number of nitrogens with two attached hydrogens (primary N) is 1. The summed E-state index contributed by atoms with van der Waals surface area (Å²) in [5.41, 5.74) is 8.38. The molecule has 0 radical (unpaired) electrons. The third-order valence-corrected chi connectivity index (χ3v) is 3.71. The van der Waals surface area contributed by atoms with Gasteiger partial charge in [-0.25, -0.2) is 8.42 Å². The lowest BCUT2D eigenvalue weighted by Crippen LogP contribution is -2.16. The number of rotatable bonds is 4. The van der Waals surface area contributed by atoms with Gasteiger partial charge in [-0.05, 0) is 18.1 Å². The first-order chi connectivity index (χ1) is 8.47. The number of benzene rings is 1. The number of nitrogens with zero attached hydrogens (tertiary/aromatic N) is 2. The topological polar surface area (TPSA) is 85.9 Å². The smallest absolute Gasteiger partial charge is 0.147 e. The maximum Gasteiger partial charge on any atom is 0.147 e. The molecule has 0 aliphatic rings. The van der Waals surface area contributed by atoms with Crippen molar-refractivity contribution in [2.45, 2.75) is 12.5 Å². The summed E-state index contributed by atoms with van der Waals surface area (Å²) in [6.07, 6.45) is 4.82. The molecule has 1 heterocycles. The highest BCUT2D eigenvalue weighted by atomic mass is 32.2. The highest BCUT2D eigenvalue weighted by Gasteiger charge is 2.13. The Bertz CT molecular complexity index is 650. The summed E-state index contributed by atoms with van der Waals surface area (Å²) in [7, 11) is -3.00. The molecule has 0 aliphatic heterocycles. The van der Waals surface area contributed by atoms with Crippen molar-refractivity contribution in [2.24, 2.45) is 5.73 Å². The van der Waals surface area contributed by atoms with Gasteiger partial charge in [0.25, 0.3) is 0 Å². The minimum absolute atomic E-state index is 0.0742. The van der Waals surface area contributed by atoms with Gasteiger partial charge in [-0.2, -0.15) is 0 Å². The van der Waals surface area contributed by atoms with Crippen LogP contribution in [0, 0.1) is 0 Å². The third-order valence-electron chi connectivity index (χ3n) is 2.73. The number of para-hydroxylation sites is 1. The van der Waals surface area contributed by atoms with Crippen molar-refractivity contribution in [1.82, 2.24) is 9.97 Å². The molecule has 1 aromatic carbocycles. The van der Waals surface area contributed by atoms with E-state index in [4.69, 9.17) is 5.73 Å². The predicted molar refractivity (Wildman–Crippen MR) is 70.8 cm³/mol. The molecule has 0 bridgehead atoms. The van der Waals surface area contributed by atoms with Gasteiger partial charge in [-0.15, -0.1) is 0 Å². The van der Waals surface area contributed by atoms with Gasteiger partial charge >= 0.3 is 0 Å². The molecule has 0 amide bonds. The molecule has 2 N–H and O–H groups in total.